The van der Waals surface area contributed by atoms with Crippen molar-refractivity contribution in [3.05, 3.63) is 0 Å². The number of hydrogen-bond acceptors (Lipinski definition) is 4. The Labute approximate surface area is 121 Å². The first-order valence-corrected chi connectivity index (χ1v) is 9.03. The van der Waals surface area contributed by atoms with Gasteiger partial charge >= 0.3 is 0 Å². The molecule has 3 unspecified atom stereocenters. The molecule has 0 bridgehead atoms. The van der Waals surface area contributed by atoms with E-state index in [4.69, 9.17) is 15.2 Å². The lowest BCUT2D eigenvalue weighted by molar-refractivity contribution is -0.116. The highest BCUT2D eigenvalue weighted by molar-refractivity contribution is 7.99. The molecule has 4 heteroatoms. The molecule has 0 aromatic heterocycles. The fraction of sp³-hybridized carbons (Fsp3) is 1.00. The molecule has 3 heterocycles. The van der Waals surface area contributed by atoms with Crippen LogP contribution in [-0.2, 0) is 9.47 Å². The number of rotatable bonds is 2. The average molecular weight is 285 g/mol. The van der Waals surface area contributed by atoms with E-state index in [0.717, 1.165) is 32.5 Å². The maximum atomic E-state index is 6.53. The van der Waals surface area contributed by atoms with Gasteiger partial charge in [-0.1, -0.05) is 0 Å². The fourth-order valence-electron chi connectivity index (χ4n) is 3.86. The van der Waals surface area contributed by atoms with Crippen LogP contribution in [0.5, 0.6) is 0 Å². The molecule has 3 fully saturated rings. The summed E-state index contributed by atoms with van der Waals surface area (Å²) in [5.74, 6) is 3.10. The second-order valence-electron chi connectivity index (χ2n) is 6.38. The van der Waals surface area contributed by atoms with Crippen molar-refractivity contribution < 1.29 is 9.47 Å². The number of thioether (sulfide) groups is 1. The molecular weight excluding hydrogens is 258 g/mol. The Bertz CT molecular complexity index is 282. The predicted octanol–water partition coefficient (Wildman–Crippen LogP) is 2.58. The van der Waals surface area contributed by atoms with Gasteiger partial charge in [0.05, 0.1) is 11.7 Å². The summed E-state index contributed by atoms with van der Waals surface area (Å²) >= 11 is 2.06. The summed E-state index contributed by atoms with van der Waals surface area (Å²) in [5.41, 5.74) is 6.68. The van der Waals surface area contributed by atoms with Crippen molar-refractivity contribution in [3.8, 4) is 0 Å². The fourth-order valence-corrected chi connectivity index (χ4v) is 5.10. The van der Waals surface area contributed by atoms with Crippen molar-refractivity contribution in [3.63, 3.8) is 0 Å². The minimum atomic E-state index is 0.153. The first kappa shape index (κ1) is 14.2. The second-order valence-corrected chi connectivity index (χ2v) is 7.60. The summed E-state index contributed by atoms with van der Waals surface area (Å²) in [7, 11) is 0. The van der Waals surface area contributed by atoms with Crippen molar-refractivity contribution in [2.24, 2.45) is 11.7 Å². The molecule has 110 valence electrons. The van der Waals surface area contributed by atoms with Crippen LogP contribution in [0.4, 0.5) is 0 Å². The zero-order valence-electron chi connectivity index (χ0n) is 11.8. The quantitative estimate of drug-likeness (QED) is 0.847. The Morgan fingerprint density at radius 3 is 2.68 bits per heavy atom. The van der Waals surface area contributed by atoms with Crippen LogP contribution < -0.4 is 5.73 Å². The zero-order chi connectivity index (χ0) is 13.1. The number of nitrogens with two attached hydrogens (primary N) is 1. The SMILES string of the molecule is NC(C1CCOC2(CCSCC2)C1)C1CCCCO1. The highest BCUT2D eigenvalue weighted by Crippen LogP contribution is 2.41. The van der Waals surface area contributed by atoms with Gasteiger partial charge in [-0.15, -0.1) is 0 Å². The molecule has 0 amide bonds. The molecule has 19 heavy (non-hydrogen) atoms. The number of ether oxygens (including phenoxy) is 2. The minimum Gasteiger partial charge on any atom is -0.377 e. The lowest BCUT2D eigenvalue weighted by atomic mass is 9.77. The summed E-state index contributed by atoms with van der Waals surface area (Å²) < 4.78 is 12.1. The summed E-state index contributed by atoms with van der Waals surface area (Å²) in [6, 6.07) is 0.218. The molecule has 3 nitrogen and oxygen atoms in total. The summed E-state index contributed by atoms with van der Waals surface area (Å²) in [6.45, 7) is 1.80. The zero-order valence-corrected chi connectivity index (χ0v) is 12.6. The third kappa shape index (κ3) is 3.29. The van der Waals surface area contributed by atoms with E-state index < -0.39 is 0 Å². The van der Waals surface area contributed by atoms with Crippen molar-refractivity contribution in [2.45, 2.75) is 62.7 Å². The van der Waals surface area contributed by atoms with E-state index in [0.29, 0.717) is 12.0 Å². The average Bonchev–Trinajstić information content (AvgIpc) is 2.48. The van der Waals surface area contributed by atoms with E-state index in [9.17, 15) is 0 Å². The van der Waals surface area contributed by atoms with E-state index in [1.165, 1.54) is 37.2 Å². The standard InChI is InChI=1S/C15H27NO2S/c16-14(13-3-1-2-7-17-13)12-4-8-18-15(11-12)5-9-19-10-6-15/h12-14H,1-11,16H2. The van der Waals surface area contributed by atoms with Crippen LogP contribution in [0.3, 0.4) is 0 Å². The van der Waals surface area contributed by atoms with E-state index in [-0.39, 0.29) is 11.6 Å². The van der Waals surface area contributed by atoms with Gasteiger partial charge in [-0.2, -0.15) is 11.8 Å². The van der Waals surface area contributed by atoms with Gasteiger partial charge in [0.15, 0.2) is 0 Å². The second kappa shape index (κ2) is 6.33. The van der Waals surface area contributed by atoms with Gasteiger partial charge in [-0.3, -0.25) is 0 Å². The maximum Gasteiger partial charge on any atom is 0.0728 e. The van der Waals surface area contributed by atoms with Gasteiger partial charge in [0.2, 0.25) is 0 Å². The Morgan fingerprint density at radius 2 is 1.95 bits per heavy atom. The molecule has 3 atom stereocenters. The molecule has 0 aromatic rings. The molecule has 0 radical (unpaired) electrons. The van der Waals surface area contributed by atoms with Crippen LogP contribution in [-0.4, -0.2) is 42.5 Å². The Kier molecular flexibility index (Phi) is 4.73. The minimum absolute atomic E-state index is 0.153. The molecule has 1 spiro atoms. The van der Waals surface area contributed by atoms with Crippen LogP contribution in [0.1, 0.15) is 44.9 Å². The topological polar surface area (TPSA) is 44.5 Å². The lowest BCUT2D eigenvalue weighted by Gasteiger charge is -2.46. The first-order chi connectivity index (χ1) is 9.29. The predicted molar refractivity (Wildman–Crippen MR) is 79.5 cm³/mol. The van der Waals surface area contributed by atoms with Gasteiger partial charge in [0.1, 0.15) is 0 Å². The molecule has 2 N–H and O–H groups in total. The lowest BCUT2D eigenvalue weighted by Crippen LogP contribution is -2.51. The molecule has 0 aliphatic carbocycles. The van der Waals surface area contributed by atoms with Crippen LogP contribution >= 0.6 is 11.8 Å². The summed E-state index contributed by atoms with van der Waals surface area (Å²) in [6.07, 6.45) is 8.65. The normalized spacial score (nSPS) is 37.1. The van der Waals surface area contributed by atoms with Gasteiger partial charge in [-0.05, 0) is 62.4 Å². The van der Waals surface area contributed by atoms with Crippen LogP contribution in [0, 0.1) is 5.92 Å². The smallest absolute Gasteiger partial charge is 0.0728 e. The van der Waals surface area contributed by atoms with Gasteiger partial charge in [0, 0.05) is 19.3 Å². The summed E-state index contributed by atoms with van der Waals surface area (Å²) in [4.78, 5) is 0. The Morgan fingerprint density at radius 1 is 1.11 bits per heavy atom. The number of hydrogen-bond donors (Lipinski definition) is 1. The van der Waals surface area contributed by atoms with Gasteiger partial charge in [-0.25, -0.2) is 0 Å². The molecule has 0 saturated carbocycles. The van der Waals surface area contributed by atoms with Crippen molar-refractivity contribution in [1.29, 1.82) is 0 Å². The highest BCUT2D eigenvalue weighted by atomic mass is 32.2. The third-order valence-corrected chi connectivity index (χ3v) is 6.11. The molecule has 3 saturated heterocycles. The molecule has 3 rings (SSSR count). The maximum absolute atomic E-state index is 6.53. The van der Waals surface area contributed by atoms with E-state index in [2.05, 4.69) is 11.8 Å². The van der Waals surface area contributed by atoms with Gasteiger partial charge < -0.3 is 15.2 Å². The molecule has 3 aliphatic heterocycles. The molecule has 3 aliphatic rings. The van der Waals surface area contributed by atoms with Gasteiger partial charge in [0.25, 0.3) is 0 Å². The third-order valence-electron chi connectivity index (χ3n) is 5.12. The van der Waals surface area contributed by atoms with Crippen LogP contribution in [0.2, 0.25) is 0 Å². The summed E-state index contributed by atoms with van der Waals surface area (Å²) in [5, 5.41) is 0. The van der Waals surface area contributed by atoms with Crippen LogP contribution in [0.15, 0.2) is 0 Å². The largest absolute Gasteiger partial charge is 0.377 e. The van der Waals surface area contributed by atoms with Crippen molar-refractivity contribution in [2.75, 3.05) is 24.7 Å². The van der Waals surface area contributed by atoms with E-state index in [1.807, 2.05) is 0 Å². The Hall–Kier alpha value is 0.230. The Balaban J connectivity index is 1.60. The van der Waals surface area contributed by atoms with Crippen molar-refractivity contribution >= 4 is 11.8 Å². The van der Waals surface area contributed by atoms with Crippen LogP contribution in [0.25, 0.3) is 0 Å². The highest BCUT2D eigenvalue weighted by Gasteiger charge is 2.42. The van der Waals surface area contributed by atoms with Crippen molar-refractivity contribution in [1.82, 2.24) is 0 Å². The van der Waals surface area contributed by atoms with E-state index in [1.54, 1.807) is 0 Å². The van der Waals surface area contributed by atoms with E-state index >= 15 is 0 Å². The molecular formula is C15H27NO2S. The molecule has 0 aromatic carbocycles. The first-order valence-electron chi connectivity index (χ1n) is 7.88. The monoisotopic (exact) mass is 285 g/mol.